The SMILES string of the molecule is CS(=O)(=O)n1ccc2c(-c3cc(-c4ccccc4)cc(=O)n3O)cc(I)cc21. The van der Waals surface area contributed by atoms with Gasteiger partial charge in [0.1, 0.15) is 0 Å². The summed E-state index contributed by atoms with van der Waals surface area (Å²) in [5, 5.41) is 11.0. The molecule has 8 heteroatoms. The van der Waals surface area contributed by atoms with Gasteiger partial charge in [0.25, 0.3) is 5.56 Å². The van der Waals surface area contributed by atoms with Crippen LogP contribution in [-0.4, -0.2) is 28.6 Å². The Labute approximate surface area is 174 Å². The van der Waals surface area contributed by atoms with Gasteiger partial charge in [0, 0.05) is 26.8 Å². The third kappa shape index (κ3) is 3.22. The van der Waals surface area contributed by atoms with Crippen molar-refractivity contribution in [1.82, 2.24) is 8.70 Å². The highest BCUT2D eigenvalue weighted by Gasteiger charge is 2.17. The lowest BCUT2D eigenvalue weighted by Gasteiger charge is -2.12. The molecule has 0 atom stereocenters. The predicted molar refractivity (Wildman–Crippen MR) is 117 cm³/mol. The highest BCUT2D eigenvalue weighted by molar-refractivity contribution is 14.1. The van der Waals surface area contributed by atoms with Crippen molar-refractivity contribution in [3.8, 4) is 22.4 Å². The van der Waals surface area contributed by atoms with Crippen molar-refractivity contribution in [2.45, 2.75) is 0 Å². The van der Waals surface area contributed by atoms with Crippen LogP contribution in [0.25, 0.3) is 33.3 Å². The van der Waals surface area contributed by atoms with E-state index in [0.717, 1.165) is 15.4 Å². The molecule has 0 saturated carbocycles. The molecule has 2 aromatic carbocycles. The Kier molecular flexibility index (Phi) is 4.54. The molecule has 1 N–H and O–H groups in total. The van der Waals surface area contributed by atoms with Crippen LogP contribution in [0.5, 0.6) is 0 Å². The van der Waals surface area contributed by atoms with Crippen molar-refractivity contribution in [3.05, 3.63) is 80.8 Å². The van der Waals surface area contributed by atoms with E-state index in [4.69, 9.17) is 0 Å². The lowest BCUT2D eigenvalue weighted by atomic mass is 10.0. The zero-order valence-electron chi connectivity index (χ0n) is 14.7. The molecule has 2 heterocycles. The summed E-state index contributed by atoms with van der Waals surface area (Å²) >= 11 is 2.09. The van der Waals surface area contributed by atoms with Gasteiger partial charge in [-0.15, -0.1) is 4.73 Å². The van der Waals surface area contributed by atoms with E-state index in [9.17, 15) is 18.4 Å². The van der Waals surface area contributed by atoms with E-state index in [1.165, 1.54) is 16.2 Å². The average molecular weight is 506 g/mol. The molecule has 0 unspecified atom stereocenters. The Balaban J connectivity index is 2.05. The Morgan fingerprint density at radius 1 is 0.964 bits per heavy atom. The molecule has 4 aromatic rings. The molecular weight excluding hydrogens is 491 g/mol. The van der Waals surface area contributed by atoms with E-state index in [1.807, 2.05) is 36.4 Å². The molecule has 0 saturated heterocycles. The first kappa shape index (κ1) is 18.8. The highest BCUT2D eigenvalue weighted by Crippen LogP contribution is 2.33. The third-order valence-corrected chi connectivity index (χ3v) is 6.14. The Hall–Kier alpha value is -2.59. The molecular formula is C20H15IN2O4S. The lowest BCUT2D eigenvalue weighted by molar-refractivity contribution is 0.180. The number of rotatable bonds is 3. The summed E-state index contributed by atoms with van der Waals surface area (Å²) in [4.78, 5) is 12.4. The van der Waals surface area contributed by atoms with Crippen molar-refractivity contribution >= 4 is 43.5 Å². The number of fused-ring (bicyclic) bond motifs is 1. The molecule has 142 valence electrons. The number of aromatic nitrogens is 2. The van der Waals surface area contributed by atoms with Crippen LogP contribution < -0.4 is 5.56 Å². The molecule has 28 heavy (non-hydrogen) atoms. The Bertz CT molecular complexity index is 1370. The van der Waals surface area contributed by atoms with Gasteiger partial charge in [-0.1, -0.05) is 30.3 Å². The van der Waals surface area contributed by atoms with Crippen LogP contribution >= 0.6 is 22.6 Å². The molecule has 0 fully saturated rings. The second kappa shape index (κ2) is 6.78. The molecule has 0 bridgehead atoms. The summed E-state index contributed by atoms with van der Waals surface area (Å²) in [5.74, 6) is 0. The fraction of sp³-hybridized carbons (Fsp3) is 0.0500. The number of hydrogen-bond acceptors (Lipinski definition) is 4. The van der Waals surface area contributed by atoms with Crippen LogP contribution in [-0.2, 0) is 10.0 Å². The van der Waals surface area contributed by atoms with Crippen LogP contribution in [0.1, 0.15) is 0 Å². The second-order valence-electron chi connectivity index (χ2n) is 6.41. The van der Waals surface area contributed by atoms with E-state index < -0.39 is 15.6 Å². The van der Waals surface area contributed by atoms with E-state index in [0.29, 0.717) is 32.5 Å². The second-order valence-corrected chi connectivity index (χ2v) is 9.51. The molecule has 0 amide bonds. The lowest BCUT2D eigenvalue weighted by Crippen LogP contribution is -2.18. The summed E-state index contributed by atoms with van der Waals surface area (Å²) < 4.78 is 26.7. The van der Waals surface area contributed by atoms with Gasteiger partial charge >= 0.3 is 0 Å². The zero-order valence-corrected chi connectivity index (χ0v) is 17.7. The minimum absolute atomic E-state index is 0.293. The quantitative estimate of drug-likeness (QED) is 0.339. The molecule has 0 spiro atoms. The van der Waals surface area contributed by atoms with Gasteiger partial charge < -0.3 is 5.21 Å². The van der Waals surface area contributed by atoms with Gasteiger partial charge in [0.15, 0.2) is 0 Å². The van der Waals surface area contributed by atoms with Gasteiger partial charge in [-0.2, -0.15) is 0 Å². The van der Waals surface area contributed by atoms with Crippen molar-refractivity contribution in [2.24, 2.45) is 0 Å². The van der Waals surface area contributed by atoms with Crippen LogP contribution in [0, 0.1) is 3.57 Å². The van der Waals surface area contributed by atoms with Gasteiger partial charge in [-0.3, -0.25) is 4.79 Å². The monoisotopic (exact) mass is 506 g/mol. The number of benzene rings is 2. The standard InChI is InChI=1S/C20H15IN2O4S/c1-28(26,27)22-8-7-16-17(11-15(21)12-18(16)22)19-9-14(10-20(24)23(19)25)13-5-3-2-4-6-13/h2-12,25H,1H3. The highest BCUT2D eigenvalue weighted by atomic mass is 127. The van der Waals surface area contributed by atoms with Crippen LogP contribution in [0.15, 0.2) is 71.7 Å². The first-order chi connectivity index (χ1) is 13.3. The zero-order chi connectivity index (χ0) is 20.1. The van der Waals surface area contributed by atoms with Crippen molar-refractivity contribution in [1.29, 1.82) is 0 Å². The molecule has 2 aromatic heterocycles. The van der Waals surface area contributed by atoms with Crippen molar-refractivity contribution < 1.29 is 13.6 Å². The summed E-state index contributed by atoms with van der Waals surface area (Å²) in [6.45, 7) is 0. The minimum atomic E-state index is -3.49. The van der Waals surface area contributed by atoms with Gasteiger partial charge in [-0.05, 0) is 58.0 Å². The first-order valence-electron chi connectivity index (χ1n) is 8.29. The molecule has 0 aliphatic carbocycles. The fourth-order valence-electron chi connectivity index (χ4n) is 3.24. The maximum atomic E-state index is 12.4. The Morgan fingerprint density at radius 2 is 1.68 bits per heavy atom. The molecule has 0 aliphatic heterocycles. The maximum absolute atomic E-state index is 12.4. The summed E-state index contributed by atoms with van der Waals surface area (Å²) in [7, 11) is -3.49. The van der Waals surface area contributed by atoms with Gasteiger partial charge in [0.2, 0.25) is 10.0 Å². The number of nitrogens with zero attached hydrogens (tertiary/aromatic N) is 2. The van der Waals surface area contributed by atoms with E-state index in [-0.39, 0.29) is 0 Å². The normalized spacial score (nSPS) is 11.8. The first-order valence-corrected chi connectivity index (χ1v) is 11.2. The summed E-state index contributed by atoms with van der Waals surface area (Å²) in [6.07, 6.45) is 2.60. The number of pyridine rings is 1. The van der Waals surface area contributed by atoms with Crippen LogP contribution in [0.2, 0.25) is 0 Å². The van der Waals surface area contributed by atoms with Crippen molar-refractivity contribution in [2.75, 3.05) is 6.26 Å². The summed E-state index contributed by atoms with van der Waals surface area (Å²) in [5.41, 5.74) is 2.30. The van der Waals surface area contributed by atoms with E-state index in [2.05, 4.69) is 22.6 Å². The molecule has 0 radical (unpaired) electrons. The summed E-state index contributed by atoms with van der Waals surface area (Å²) in [6, 6.07) is 17.7. The predicted octanol–water partition coefficient (Wildman–Crippen LogP) is 3.79. The van der Waals surface area contributed by atoms with Gasteiger partial charge in [-0.25, -0.2) is 12.4 Å². The largest absolute Gasteiger partial charge is 0.425 e. The van der Waals surface area contributed by atoms with Crippen LogP contribution in [0.4, 0.5) is 0 Å². The molecule has 0 aliphatic rings. The van der Waals surface area contributed by atoms with E-state index in [1.54, 1.807) is 18.2 Å². The number of hydrogen-bond donors (Lipinski definition) is 1. The number of halogens is 1. The maximum Gasteiger partial charge on any atom is 0.283 e. The fourth-order valence-corrected chi connectivity index (χ4v) is 4.63. The van der Waals surface area contributed by atoms with Crippen LogP contribution in [0.3, 0.4) is 0 Å². The smallest absolute Gasteiger partial charge is 0.283 e. The Morgan fingerprint density at radius 3 is 2.36 bits per heavy atom. The minimum Gasteiger partial charge on any atom is -0.425 e. The average Bonchev–Trinajstić information content (AvgIpc) is 3.08. The van der Waals surface area contributed by atoms with E-state index >= 15 is 0 Å². The van der Waals surface area contributed by atoms with Crippen molar-refractivity contribution in [3.63, 3.8) is 0 Å². The molecule has 4 rings (SSSR count). The van der Waals surface area contributed by atoms with Gasteiger partial charge in [0.05, 0.1) is 17.5 Å². The third-order valence-electron chi connectivity index (χ3n) is 4.49. The topological polar surface area (TPSA) is 81.3 Å². The molecule has 6 nitrogen and oxygen atoms in total.